The van der Waals surface area contributed by atoms with E-state index in [0.29, 0.717) is 17.3 Å². The number of aliphatic hydroxyl groups is 1. The van der Waals surface area contributed by atoms with Crippen LogP contribution < -0.4 is 10.1 Å². The summed E-state index contributed by atoms with van der Waals surface area (Å²) < 4.78 is 5.46. The van der Waals surface area contributed by atoms with Gasteiger partial charge in [-0.1, -0.05) is 17.7 Å². The number of aliphatic hydroxyl groups excluding tert-OH is 1. The fraction of sp³-hybridized carbons (Fsp3) is 0.286. The lowest BCUT2D eigenvalue weighted by molar-refractivity contribution is 0.106. The van der Waals surface area contributed by atoms with Crippen molar-refractivity contribution in [2.24, 2.45) is 0 Å². The molecule has 102 valence electrons. The molecule has 0 saturated heterocycles. The largest absolute Gasteiger partial charge is 0.491 e. The zero-order valence-corrected chi connectivity index (χ0v) is 12.0. The van der Waals surface area contributed by atoms with Gasteiger partial charge in [0.15, 0.2) is 0 Å². The molecule has 1 aromatic carbocycles. The number of benzene rings is 1. The number of nitrogens with one attached hydrogen (secondary N) is 1. The van der Waals surface area contributed by atoms with Crippen LogP contribution in [0.4, 0.5) is 0 Å². The molecule has 1 atom stereocenters. The molecule has 0 radical (unpaired) electrons. The van der Waals surface area contributed by atoms with Crippen molar-refractivity contribution in [3.63, 3.8) is 0 Å². The maximum Gasteiger partial charge on any atom is 0.120 e. The lowest BCUT2D eigenvalue weighted by atomic mass is 10.3. The molecule has 0 spiro atoms. The average Bonchev–Trinajstić information content (AvgIpc) is 2.90. The normalized spacial score (nSPS) is 12.3. The Kier molecular flexibility index (Phi) is 5.66. The SMILES string of the molecule is OC(CNCc1ccsc1)COc1cccc(Cl)c1. The Morgan fingerprint density at radius 1 is 1.37 bits per heavy atom. The van der Waals surface area contributed by atoms with E-state index in [1.54, 1.807) is 23.5 Å². The van der Waals surface area contributed by atoms with Crippen LogP contribution in [0.1, 0.15) is 5.56 Å². The monoisotopic (exact) mass is 297 g/mol. The Morgan fingerprint density at radius 2 is 2.26 bits per heavy atom. The lowest BCUT2D eigenvalue weighted by Crippen LogP contribution is -2.31. The van der Waals surface area contributed by atoms with Gasteiger partial charge in [-0.2, -0.15) is 11.3 Å². The van der Waals surface area contributed by atoms with Crippen LogP contribution in [0.5, 0.6) is 5.75 Å². The number of ether oxygens (including phenoxy) is 1. The minimum atomic E-state index is -0.544. The van der Waals surface area contributed by atoms with Crippen LogP contribution >= 0.6 is 22.9 Å². The van der Waals surface area contributed by atoms with E-state index in [1.807, 2.05) is 17.5 Å². The Morgan fingerprint density at radius 3 is 3.00 bits per heavy atom. The van der Waals surface area contributed by atoms with Crippen LogP contribution in [0.2, 0.25) is 5.02 Å². The molecule has 19 heavy (non-hydrogen) atoms. The Balaban J connectivity index is 1.65. The first-order valence-corrected chi connectivity index (χ1v) is 7.34. The summed E-state index contributed by atoms with van der Waals surface area (Å²) in [5, 5.41) is 17.7. The van der Waals surface area contributed by atoms with Crippen LogP contribution in [-0.4, -0.2) is 24.4 Å². The third kappa shape index (κ3) is 5.20. The van der Waals surface area contributed by atoms with Gasteiger partial charge in [0, 0.05) is 18.1 Å². The Hall–Kier alpha value is -1.07. The highest BCUT2D eigenvalue weighted by molar-refractivity contribution is 7.07. The first-order valence-electron chi connectivity index (χ1n) is 6.02. The topological polar surface area (TPSA) is 41.5 Å². The molecule has 1 unspecified atom stereocenters. The molecule has 0 aliphatic rings. The molecule has 2 rings (SSSR count). The number of thiophene rings is 1. The predicted molar refractivity (Wildman–Crippen MR) is 79.0 cm³/mol. The number of rotatable bonds is 7. The fourth-order valence-corrected chi connectivity index (χ4v) is 2.43. The summed E-state index contributed by atoms with van der Waals surface area (Å²) >= 11 is 7.51. The van der Waals surface area contributed by atoms with Crippen molar-refractivity contribution >= 4 is 22.9 Å². The highest BCUT2D eigenvalue weighted by atomic mass is 35.5. The van der Waals surface area contributed by atoms with Crippen molar-refractivity contribution in [1.29, 1.82) is 0 Å². The molecule has 2 aromatic rings. The summed E-state index contributed by atoms with van der Waals surface area (Å²) in [5.74, 6) is 0.671. The second-order valence-electron chi connectivity index (χ2n) is 4.18. The predicted octanol–water partition coefficient (Wildman–Crippen LogP) is 2.93. The van der Waals surface area contributed by atoms with E-state index in [0.717, 1.165) is 6.54 Å². The summed E-state index contributed by atoms with van der Waals surface area (Å²) in [7, 11) is 0. The summed E-state index contributed by atoms with van der Waals surface area (Å²) in [6, 6.07) is 9.21. The van der Waals surface area contributed by atoms with Crippen LogP contribution in [0, 0.1) is 0 Å². The Labute approximate surface area is 121 Å². The molecular formula is C14H16ClNO2S. The highest BCUT2D eigenvalue weighted by Crippen LogP contribution is 2.17. The van der Waals surface area contributed by atoms with Crippen LogP contribution in [0.25, 0.3) is 0 Å². The molecule has 0 bridgehead atoms. The third-order valence-corrected chi connectivity index (χ3v) is 3.49. The first kappa shape index (κ1) is 14.3. The van der Waals surface area contributed by atoms with Gasteiger partial charge in [-0.05, 0) is 40.6 Å². The van der Waals surface area contributed by atoms with Gasteiger partial charge >= 0.3 is 0 Å². The van der Waals surface area contributed by atoms with Crippen LogP contribution in [0.3, 0.4) is 0 Å². The maximum atomic E-state index is 9.79. The number of halogens is 1. The smallest absolute Gasteiger partial charge is 0.120 e. The van der Waals surface area contributed by atoms with Gasteiger partial charge in [-0.3, -0.25) is 0 Å². The van der Waals surface area contributed by atoms with Crippen LogP contribution in [0.15, 0.2) is 41.1 Å². The molecule has 0 aliphatic heterocycles. The molecule has 0 aliphatic carbocycles. The molecule has 1 heterocycles. The quantitative estimate of drug-likeness (QED) is 0.826. The van der Waals surface area contributed by atoms with Crippen molar-refractivity contribution in [2.45, 2.75) is 12.6 Å². The summed E-state index contributed by atoms with van der Waals surface area (Å²) in [6.07, 6.45) is -0.544. The van der Waals surface area contributed by atoms with Crippen molar-refractivity contribution in [3.05, 3.63) is 51.7 Å². The lowest BCUT2D eigenvalue weighted by Gasteiger charge is -2.13. The van der Waals surface area contributed by atoms with Gasteiger partial charge < -0.3 is 15.2 Å². The first-order chi connectivity index (χ1) is 9.24. The summed E-state index contributed by atoms with van der Waals surface area (Å²) in [4.78, 5) is 0. The highest BCUT2D eigenvalue weighted by Gasteiger charge is 2.05. The number of hydrogen-bond donors (Lipinski definition) is 2. The Bertz CT molecular complexity index is 490. The van der Waals surface area contributed by atoms with Gasteiger partial charge in [0.2, 0.25) is 0 Å². The zero-order chi connectivity index (χ0) is 13.5. The van der Waals surface area contributed by atoms with Gasteiger partial charge in [0.25, 0.3) is 0 Å². The molecule has 2 N–H and O–H groups in total. The van der Waals surface area contributed by atoms with E-state index < -0.39 is 6.10 Å². The van der Waals surface area contributed by atoms with E-state index in [4.69, 9.17) is 16.3 Å². The maximum absolute atomic E-state index is 9.79. The van der Waals surface area contributed by atoms with Crippen molar-refractivity contribution in [2.75, 3.05) is 13.2 Å². The fourth-order valence-electron chi connectivity index (χ4n) is 1.58. The second kappa shape index (κ2) is 7.50. The molecular weight excluding hydrogens is 282 g/mol. The minimum Gasteiger partial charge on any atom is -0.491 e. The molecule has 0 fully saturated rings. The average molecular weight is 298 g/mol. The van der Waals surface area contributed by atoms with Crippen molar-refractivity contribution in [1.82, 2.24) is 5.32 Å². The van der Waals surface area contributed by atoms with E-state index >= 15 is 0 Å². The summed E-state index contributed by atoms with van der Waals surface area (Å²) in [6.45, 7) is 1.51. The van der Waals surface area contributed by atoms with Gasteiger partial charge in [0.05, 0.1) is 0 Å². The van der Waals surface area contributed by atoms with Gasteiger partial charge in [-0.15, -0.1) is 0 Å². The van der Waals surface area contributed by atoms with Gasteiger partial charge in [-0.25, -0.2) is 0 Å². The van der Waals surface area contributed by atoms with Crippen molar-refractivity contribution < 1.29 is 9.84 Å². The molecule has 0 amide bonds. The minimum absolute atomic E-state index is 0.247. The number of hydrogen-bond acceptors (Lipinski definition) is 4. The second-order valence-corrected chi connectivity index (χ2v) is 5.40. The van der Waals surface area contributed by atoms with Crippen LogP contribution in [-0.2, 0) is 6.54 Å². The van der Waals surface area contributed by atoms with E-state index in [9.17, 15) is 5.11 Å². The zero-order valence-electron chi connectivity index (χ0n) is 10.4. The van der Waals surface area contributed by atoms with E-state index in [1.165, 1.54) is 5.56 Å². The van der Waals surface area contributed by atoms with E-state index in [2.05, 4.69) is 16.8 Å². The van der Waals surface area contributed by atoms with Gasteiger partial charge in [0.1, 0.15) is 18.5 Å². The van der Waals surface area contributed by atoms with E-state index in [-0.39, 0.29) is 6.61 Å². The summed E-state index contributed by atoms with van der Waals surface area (Å²) in [5.41, 5.74) is 1.23. The molecule has 0 saturated carbocycles. The van der Waals surface area contributed by atoms with Crippen molar-refractivity contribution in [3.8, 4) is 5.75 Å². The molecule has 5 heteroatoms. The molecule has 3 nitrogen and oxygen atoms in total. The standard InChI is InChI=1S/C14H16ClNO2S/c15-12-2-1-3-14(6-12)18-9-13(17)8-16-7-11-4-5-19-10-11/h1-6,10,13,16-17H,7-9H2. The molecule has 1 aromatic heterocycles. The third-order valence-electron chi connectivity index (χ3n) is 2.53.